The molecule has 1 aliphatic rings. The second-order valence-electron chi connectivity index (χ2n) is 5.27. The van der Waals surface area contributed by atoms with E-state index in [1.807, 2.05) is 42.7 Å². The number of nitrogens with zero attached hydrogens (tertiary/aromatic N) is 3. The predicted molar refractivity (Wildman–Crippen MR) is 91.7 cm³/mol. The van der Waals surface area contributed by atoms with Gasteiger partial charge in [0.15, 0.2) is 5.65 Å². The Bertz CT molecular complexity index is 877. The molecule has 3 N–H and O–H groups in total. The summed E-state index contributed by atoms with van der Waals surface area (Å²) in [5.74, 6) is 0.748. The third kappa shape index (κ3) is 2.99. The summed E-state index contributed by atoms with van der Waals surface area (Å²) in [4.78, 5) is 4.66. The first-order valence-electron chi connectivity index (χ1n) is 7.30. The fourth-order valence-corrected chi connectivity index (χ4v) is 2.69. The lowest BCUT2D eigenvalue weighted by molar-refractivity contribution is 0.815. The Balaban J connectivity index is 1.67. The van der Waals surface area contributed by atoms with Crippen molar-refractivity contribution in [2.24, 2.45) is 0 Å². The third-order valence-corrected chi connectivity index (χ3v) is 3.81. The highest BCUT2D eigenvalue weighted by Crippen LogP contribution is 2.20. The number of benzene rings is 1. The van der Waals surface area contributed by atoms with Gasteiger partial charge in [-0.15, -0.1) is 0 Å². The van der Waals surface area contributed by atoms with E-state index in [1.54, 1.807) is 4.52 Å². The van der Waals surface area contributed by atoms with Crippen LogP contribution in [0.4, 0.5) is 11.5 Å². The molecule has 1 aromatic carbocycles. The van der Waals surface area contributed by atoms with Gasteiger partial charge in [0, 0.05) is 34.7 Å². The molecule has 3 aromatic rings. The summed E-state index contributed by atoms with van der Waals surface area (Å²) < 4.78 is 1.76. The number of anilines is 2. The highest BCUT2D eigenvalue weighted by atomic mass is 35.5. The van der Waals surface area contributed by atoms with Gasteiger partial charge in [0.2, 0.25) is 0 Å². The molecule has 0 radical (unpaired) electrons. The van der Waals surface area contributed by atoms with Crippen LogP contribution < -0.4 is 16.0 Å². The molecule has 0 aliphatic carbocycles. The van der Waals surface area contributed by atoms with Crippen LogP contribution in [0.2, 0.25) is 5.02 Å². The zero-order valence-electron chi connectivity index (χ0n) is 12.3. The monoisotopic (exact) mass is 326 g/mol. The first kappa shape index (κ1) is 14.0. The van der Waals surface area contributed by atoms with Crippen LogP contribution in [0.1, 0.15) is 5.56 Å². The Morgan fingerprint density at radius 2 is 2.26 bits per heavy atom. The number of aromatic nitrogens is 3. The summed E-state index contributed by atoms with van der Waals surface area (Å²) in [7, 11) is 0. The molecule has 0 atom stereocenters. The summed E-state index contributed by atoms with van der Waals surface area (Å²) >= 11 is 6.01. The van der Waals surface area contributed by atoms with E-state index in [0.29, 0.717) is 5.02 Å². The summed E-state index contributed by atoms with van der Waals surface area (Å²) in [6, 6.07) is 9.43. The molecule has 1 aliphatic heterocycles. The van der Waals surface area contributed by atoms with Gasteiger partial charge in [0.05, 0.1) is 12.9 Å². The molecule has 1 fully saturated rings. The van der Waals surface area contributed by atoms with Crippen LogP contribution in [-0.2, 0) is 0 Å². The minimum Gasteiger partial charge on any atom is -0.375 e. The molecule has 6 nitrogen and oxygen atoms in total. The smallest absolute Gasteiger partial charge is 0.164 e. The van der Waals surface area contributed by atoms with E-state index in [1.165, 1.54) is 0 Å². The van der Waals surface area contributed by atoms with Gasteiger partial charge in [-0.25, -0.2) is 9.50 Å². The fraction of sp³-hybridized carbons (Fsp3) is 0.125. The molecule has 3 heterocycles. The number of fused-ring (bicyclic) bond motifs is 1. The van der Waals surface area contributed by atoms with Crippen LogP contribution in [0, 0.1) is 0 Å². The van der Waals surface area contributed by atoms with Crippen molar-refractivity contribution in [1.82, 2.24) is 25.2 Å². The van der Waals surface area contributed by atoms with E-state index >= 15 is 0 Å². The topological polar surface area (TPSA) is 66.3 Å². The Hall–Kier alpha value is -2.57. The van der Waals surface area contributed by atoms with Crippen LogP contribution >= 0.6 is 11.6 Å². The van der Waals surface area contributed by atoms with Crippen molar-refractivity contribution in [2.45, 2.75) is 0 Å². The number of nitrogens with one attached hydrogen (secondary N) is 3. The van der Waals surface area contributed by atoms with Gasteiger partial charge >= 0.3 is 0 Å². The summed E-state index contributed by atoms with van der Waals surface area (Å²) in [6.45, 7) is 1.62. The molecule has 0 amide bonds. The standard InChI is InChI=1S/C16H15ClN6/c17-12-2-1-3-13(7-12)21-15-4-5-23-16(22-15)11(8-20-23)6-14-9-18-10-19-14/h1-8,18-19H,9-10H2,(H,21,22). The molecule has 0 unspecified atom stereocenters. The zero-order chi connectivity index (χ0) is 15.6. The lowest BCUT2D eigenvalue weighted by Crippen LogP contribution is -2.10. The van der Waals surface area contributed by atoms with Crippen molar-refractivity contribution < 1.29 is 0 Å². The van der Waals surface area contributed by atoms with Gasteiger partial charge in [-0.2, -0.15) is 5.10 Å². The number of rotatable bonds is 3. The van der Waals surface area contributed by atoms with Crippen LogP contribution in [0.5, 0.6) is 0 Å². The Kier molecular flexibility index (Phi) is 3.61. The summed E-state index contributed by atoms with van der Waals surface area (Å²) in [5.41, 5.74) is 3.81. The van der Waals surface area contributed by atoms with Gasteiger partial charge in [-0.3, -0.25) is 5.32 Å². The number of hydrogen-bond donors (Lipinski definition) is 3. The normalized spacial score (nSPS) is 16.0. The van der Waals surface area contributed by atoms with Crippen LogP contribution in [0.3, 0.4) is 0 Å². The largest absolute Gasteiger partial charge is 0.375 e. The molecular weight excluding hydrogens is 312 g/mol. The SMILES string of the molecule is Clc1cccc(Nc2ccn3ncc(C=C4CNCN4)c3n2)c1. The van der Waals surface area contributed by atoms with E-state index in [4.69, 9.17) is 11.6 Å². The fourth-order valence-electron chi connectivity index (χ4n) is 2.50. The summed E-state index contributed by atoms with van der Waals surface area (Å²) in [5, 5.41) is 14.8. The van der Waals surface area contributed by atoms with E-state index < -0.39 is 0 Å². The molecule has 2 aromatic heterocycles. The third-order valence-electron chi connectivity index (χ3n) is 3.58. The first-order valence-corrected chi connectivity index (χ1v) is 7.68. The lowest BCUT2D eigenvalue weighted by atomic mass is 10.2. The van der Waals surface area contributed by atoms with E-state index in [-0.39, 0.29) is 0 Å². The van der Waals surface area contributed by atoms with Crippen LogP contribution in [0.25, 0.3) is 11.7 Å². The van der Waals surface area contributed by atoms with E-state index in [0.717, 1.165) is 41.6 Å². The van der Waals surface area contributed by atoms with Gasteiger partial charge < -0.3 is 10.6 Å². The number of halogens is 1. The minimum absolute atomic E-state index is 0.686. The zero-order valence-corrected chi connectivity index (χ0v) is 13.0. The maximum atomic E-state index is 6.01. The van der Waals surface area contributed by atoms with Crippen LogP contribution in [0.15, 0.2) is 48.4 Å². The molecule has 7 heteroatoms. The highest BCUT2D eigenvalue weighted by Gasteiger charge is 2.09. The minimum atomic E-state index is 0.686. The first-order chi connectivity index (χ1) is 11.3. The van der Waals surface area contributed by atoms with Gasteiger partial charge in [0.1, 0.15) is 5.82 Å². The van der Waals surface area contributed by atoms with Crippen molar-refractivity contribution >= 4 is 34.8 Å². The Labute approximate surface area is 138 Å². The average Bonchev–Trinajstić information content (AvgIpc) is 3.18. The molecule has 23 heavy (non-hydrogen) atoms. The number of hydrogen-bond acceptors (Lipinski definition) is 5. The second kappa shape index (κ2) is 5.91. The predicted octanol–water partition coefficient (Wildman–Crippen LogP) is 2.62. The Morgan fingerprint density at radius 1 is 1.30 bits per heavy atom. The lowest BCUT2D eigenvalue weighted by Gasteiger charge is -2.06. The highest BCUT2D eigenvalue weighted by molar-refractivity contribution is 6.30. The van der Waals surface area contributed by atoms with Crippen molar-refractivity contribution in [1.29, 1.82) is 0 Å². The quantitative estimate of drug-likeness (QED) is 0.690. The molecule has 0 spiro atoms. The molecule has 4 rings (SSSR count). The molecular formula is C16H15ClN6. The molecule has 0 bridgehead atoms. The summed E-state index contributed by atoms with van der Waals surface area (Å²) in [6.07, 6.45) is 5.77. The van der Waals surface area contributed by atoms with Crippen molar-refractivity contribution in [3.63, 3.8) is 0 Å². The van der Waals surface area contributed by atoms with Gasteiger partial charge in [-0.1, -0.05) is 17.7 Å². The maximum absolute atomic E-state index is 6.01. The second-order valence-corrected chi connectivity index (χ2v) is 5.70. The van der Waals surface area contributed by atoms with Crippen LogP contribution in [-0.4, -0.2) is 27.8 Å². The van der Waals surface area contributed by atoms with E-state index in [2.05, 4.69) is 32.1 Å². The van der Waals surface area contributed by atoms with Crippen molar-refractivity contribution in [3.8, 4) is 0 Å². The maximum Gasteiger partial charge on any atom is 0.164 e. The van der Waals surface area contributed by atoms with Crippen molar-refractivity contribution in [2.75, 3.05) is 18.5 Å². The average molecular weight is 327 g/mol. The van der Waals surface area contributed by atoms with E-state index in [9.17, 15) is 0 Å². The van der Waals surface area contributed by atoms with Gasteiger partial charge in [-0.05, 0) is 30.3 Å². The van der Waals surface area contributed by atoms with Gasteiger partial charge in [0.25, 0.3) is 0 Å². The Morgan fingerprint density at radius 3 is 3.09 bits per heavy atom. The molecule has 0 saturated carbocycles. The molecule has 1 saturated heterocycles. The molecule has 116 valence electrons. The van der Waals surface area contributed by atoms with Crippen molar-refractivity contribution in [3.05, 3.63) is 59.0 Å².